The summed E-state index contributed by atoms with van der Waals surface area (Å²) in [5.41, 5.74) is 8.11. The van der Waals surface area contributed by atoms with E-state index in [-0.39, 0.29) is 6.02 Å². The highest BCUT2D eigenvalue weighted by molar-refractivity contribution is 9.10. The molecule has 6 heteroatoms. The van der Waals surface area contributed by atoms with Gasteiger partial charge < -0.3 is 19.9 Å². The van der Waals surface area contributed by atoms with Gasteiger partial charge in [-0.15, -0.1) is 0 Å². The molecular formula is C17H15BrN2O3. The van der Waals surface area contributed by atoms with Crippen molar-refractivity contribution >= 4 is 22.0 Å². The van der Waals surface area contributed by atoms with Crippen LogP contribution in [0, 0.1) is 0 Å². The van der Waals surface area contributed by atoms with Crippen LogP contribution in [0.3, 0.4) is 0 Å². The van der Waals surface area contributed by atoms with Crippen molar-refractivity contribution in [2.75, 3.05) is 13.7 Å². The molecule has 1 unspecified atom stereocenters. The molecule has 0 amide bonds. The third-order valence-electron chi connectivity index (χ3n) is 4.26. The van der Waals surface area contributed by atoms with Crippen LogP contribution in [0.4, 0.5) is 0 Å². The topological polar surface area (TPSA) is 66.1 Å². The molecule has 5 nitrogen and oxygen atoms in total. The van der Waals surface area contributed by atoms with E-state index in [1.54, 1.807) is 7.11 Å². The number of nitrogens with two attached hydrogens (primary N) is 1. The first-order valence-corrected chi connectivity index (χ1v) is 8.00. The van der Waals surface area contributed by atoms with Gasteiger partial charge in [0.05, 0.1) is 7.11 Å². The van der Waals surface area contributed by atoms with Crippen LogP contribution in [0.2, 0.25) is 0 Å². The fourth-order valence-electron chi connectivity index (χ4n) is 3.15. The molecule has 0 saturated heterocycles. The number of methoxy groups -OCH3 is 1. The average molecular weight is 375 g/mol. The molecule has 2 aliphatic rings. The Hall–Kier alpha value is -2.21. The van der Waals surface area contributed by atoms with Crippen LogP contribution in [-0.2, 0) is 16.9 Å². The second kappa shape index (κ2) is 5.16. The molecular weight excluding hydrogens is 360 g/mol. The third kappa shape index (κ3) is 2.16. The highest BCUT2D eigenvalue weighted by Gasteiger charge is 2.45. The number of halogens is 1. The minimum absolute atomic E-state index is 0.187. The number of rotatable bonds is 1. The number of hydrogen-bond donors (Lipinski definition) is 1. The Labute approximate surface area is 142 Å². The number of fused-ring (bicyclic) bond motifs is 4. The van der Waals surface area contributed by atoms with Gasteiger partial charge in [-0.25, -0.2) is 4.99 Å². The molecule has 0 bridgehead atoms. The van der Waals surface area contributed by atoms with Crippen molar-refractivity contribution in [3.05, 3.63) is 57.6 Å². The van der Waals surface area contributed by atoms with Crippen molar-refractivity contribution in [2.45, 2.75) is 12.1 Å². The van der Waals surface area contributed by atoms with Crippen LogP contribution < -0.4 is 15.2 Å². The van der Waals surface area contributed by atoms with Crippen molar-refractivity contribution in [1.82, 2.24) is 0 Å². The Kier molecular flexibility index (Phi) is 3.23. The van der Waals surface area contributed by atoms with Gasteiger partial charge in [0.2, 0.25) is 0 Å². The smallest absolute Gasteiger partial charge is 0.283 e. The van der Waals surface area contributed by atoms with Crippen LogP contribution >= 0.6 is 15.9 Å². The first kappa shape index (κ1) is 14.4. The lowest BCUT2D eigenvalue weighted by Gasteiger charge is -2.26. The van der Waals surface area contributed by atoms with E-state index in [1.165, 1.54) is 0 Å². The van der Waals surface area contributed by atoms with Crippen LogP contribution in [0.5, 0.6) is 11.5 Å². The Morgan fingerprint density at radius 2 is 2.04 bits per heavy atom. The van der Waals surface area contributed by atoms with E-state index in [0.717, 1.165) is 32.7 Å². The molecule has 0 fully saturated rings. The Bertz CT molecular complexity index is 821. The van der Waals surface area contributed by atoms with Gasteiger partial charge in [0.1, 0.15) is 24.7 Å². The van der Waals surface area contributed by atoms with E-state index >= 15 is 0 Å². The maximum absolute atomic E-state index is 6.00. The highest BCUT2D eigenvalue weighted by atomic mass is 79.9. The first-order chi connectivity index (χ1) is 11.1. The van der Waals surface area contributed by atoms with Gasteiger partial charge in [0, 0.05) is 10.0 Å². The van der Waals surface area contributed by atoms with Gasteiger partial charge in [0.25, 0.3) is 6.02 Å². The summed E-state index contributed by atoms with van der Waals surface area (Å²) in [6, 6.07) is 12.0. The molecule has 2 heterocycles. The standard InChI is InChI=1S/C17H15BrN2O3/c1-21-12-4-2-10-8-22-15-5-3-11(18)6-14(15)17(13(10)7-12)9-23-16(19)20-17/h2-7H,8-9H2,1H3,(H2,19,20). The maximum Gasteiger partial charge on any atom is 0.283 e. The summed E-state index contributed by atoms with van der Waals surface area (Å²) in [4.78, 5) is 4.65. The van der Waals surface area contributed by atoms with E-state index in [0.29, 0.717) is 13.2 Å². The first-order valence-electron chi connectivity index (χ1n) is 7.21. The zero-order chi connectivity index (χ0) is 16.0. The Morgan fingerprint density at radius 1 is 1.17 bits per heavy atom. The summed E-state index contributed by atoms with van der Waals surface area (Å²) in [6.45, 7) is 0.803. The number of amidine groups is 1. The SMILES string of the molecule is COc1ccc2c(c1)C1(COC(N)=N1)c1cc(Br)ccc1OC2. The average Bonchev–Trinajstić information content (AvgIpc) is 2.90. The van der Waals surface area contributed by atoms with E-state index in [4.69, 9.17) is 19.9 Å². The largest absolute Gasteiger partial charge is 0.497 e. The maximum atomic E-state index is 6.00. The lowest BCUT2D eigenvalue weighted by molar-refractivity contribution is 0.275. The molecule has 0 aliphatic carbocycles. The van der Waals surface area contributed by atoms with Crippen molar-refractivity contribution in [1.29, 1.82) is 0 Å². The van der Waals surface area contributed by atoms with Gasteiger partial charge in [0.15, 0.2) is 5.54 Å². The monoisotopic (exact) mass is 374 g/mol. The quantitative estimate of drug-likeness (QED) is 0.833. The molecule has 1 atom stereocenters. The number of nitrogens with zero attached hydrogens (tertiary/aromatic N) is 1. The van der Waals surface area contributed by atoms with Gasteiger partial charge in [-0.2, -0.15) is 0 Å². The summed E-state index contributed by atoms with van der Waals surface area (Å²) in [5, 5.41) is 0. The normalized spacial score (nSPS) is 21.6. The van der Waals surface area contributed by atoms with Crippen LogP contribution in [0.25, 0.3) is 0 Å². The molecule has 2 aliphatic heterocycles. The van der Waals surface area contributed by atoms with E-state index in [9.17, 15) is 0 Å². The molecule has 4 rings (SSSR count). The second-order valence-corrected chi connectivity index (χ2v) is 6.47. The minimum Gasteiger partial charge on any atom is -0.497 e. The number of hydrogen-bond acceptors (Lipinski definition) is 5. The fraction of sp³-hybridized carbons (Fsp3) is 0.235. The molecule has 2 N–H and O–H groups in total. The van der Waals surface area contributed by atoms with Crippen LogP contribution in [0.1, 0.15) is 16.7 Å². The van der Waals surface area contributed by atoms with Crippen molar-refractivity contribution in [2.24, 2.45) is 10.7 Å². The lowest BCUT2D eigenvalue weighted by Crippen LogP contribution is -2.27. The third-order valence-corrected chi connectivity index (χ3v) is 4.76. The van der Waals surface area contributed by atoms with Gasteiger partial charge in [-0.1, -0.05) is 22.0 Å². The minimum atomic E-state index is -0.719. The summed E-state index contributed by atoms with van der Waals surface area (Å²) in [7, 11) is 1.65. The zero-order valence-corrected chi connectivity index (χ0v) is 14.1. The molecule has 0 aromatic heterocycles. The number of benzene rings is 2. The fourth-order valence-corrected chi connectivity index (χ4v) is 3.51. The summed E-state index contributed by atoms with van der Waals surface area (Å²) < 4.78 is 17.9. The molecule has 1 spiro atoms. The zero-order valence-electron chi connectivity index (χ0n) is 12.5. The molecule has 0 radical (unpaired) electrons. The van der Waals surface area contributed by atoms with Crippen LogP contribution in [0.15, 0.2) is 45.9 Å². The molecule has 2 aromatic carbocycles. The number of aliphatic imine (C=N–C) groups is 1. The van der Waals surface area contributed by atoms with E-state index in [1.807, 2.05) is 36.4 Å². The highest BCUT2D eigenvalue weighted by Crippen LogP contribution is 2.47. The van der Waals surface area contributed by atoms with Crippen LogP contribution in [-0.4, -0.2) is 19.7 Å². The number of ether oxygens (including phenoxy) is 3. The van der Waals surface area contributed by atoms with Crippen molar-refractivity contribution in [3.63, 3.8) is 0 Å². The second-order valence-electron chi connectivity index (χ2n) is 5.55. The predicted octanol–water partition coefficient (Wildman–Crippen LogP) is 2.94. The molecule has 118 valence electrons. The summed E-state index contributed by atoms with van der Waals surface area (Å²) in [5.74, 6) is 1.55. The molecule has 2 aromatic rings. The van der Waals surface area contributed by atoms with Gasteiger partial charge in [-0.05, 0) is 41.5 Å². The predicted molar refractivity (Wildman–Crippen MR) is 89.8 cm³/mol. The van der Waals surface area contributed by atoms with Gasteiger partial charge >= 0.3 is 0 Å². The molecule has 23 heavy (non-hydrogen) atoms. The Balaban J connectivity index is 2.04. The van der Waals surface area contributed by atoms with Gasteiger partial charge in [-0.3, -0.25) is 0 Å². The van der Waals surface area contributed by atoms with Crippen molar-refractivity contribution < 1.29 is 14.2 Å². The van der Waals surface area contributed by atoms with E-state index < -0.39 is 5.54 Å². The summed E-state index contributed by atoms with van der Waals surface area (Å²) >= 11 is 3.53. The Morgan fingerprint density at radius 3 is 2.78 bits per heavy atom. The lowest BCUT2D eigenvalue weighted by atomic mass is 9.82. The molecule has 0 saturated carbocycles. The summed E-state index contributed by atoms with van der Waals surface area (Å²) in [6.07, 6.45) is 0. The van der Waals surface area contributed by atoms with E-state index in [2.05, 4.69) is 20.9 Å². The van der Waals surface area contributed by atoms with Crippen molar-refractivity contribution in [3.8, 4) is 11.5 Å².